The van der Waals surface area contributed by atoms with E-state index < -0.39 is 0 Å². The van der Waals surface area contributed by atoms with Crippen LogP contribution >= 0.6 is 11.3 Å². The lowest BCUT2D eigenvalue weighted by Gasteiger charge is -2.07. The zero-order valence-corrected chi connectivity index (χ0v) is 14.3. The normalized spacial score (nSPS) is 11.6. The molecule has 0 unspecified atom stereocenters. The lowest BCUT2D eigenvalue weighted by Crippen LogP contribution is -2.22. The number of fused-ring (bicyclic) bond motifs is 1. The number of ether oxygens (including phenoxy) is 1. The van der Waals surface area contributed by atoms with Crippen molar-refractivity contribution >= 4 is 33.2 Å². The van der Waals surface area contributed by atoms with Crippen LogP contribution in [0.4, 0.5) is 5.69 Å². The van der Waals surface area contributed by atoms with Gasteiger partial charge in [0.2, 0.25) is 0 Å². The number of rotatable bonds is 6. The number of guanidine groups is 1. The Labute approximate surface area is 145 Å². The highest BCUT2D eigenvalue weighted by atomic mass is 32.1. The first-order valence-electron chi connectivity index (χ1n) is 7.80. The van der Waals surface area contributed by atoms with E-state index in [2.05, 4.69) is 21.4 Å². The number of hydrogen-bond donors (Lipinski definition) is 2. The van der Waals surface area contributed by atoms with Gasteiger partial charge >= 0.3 is 0 Å². The number of anilines is 1. The van der Waals surface area contributed by atoms with Crippen LogP contribution in [0.25, 0.3) is 10.2 Å². The fraction of sp³-hybridized carbons (Fsp3) is 0.222. The fourth-order valence-electron chi connectivity index (χ4n) is 2.34. The summed E-state index contributed by atoms with van der Waals surface area (Å²) in [6, 6.07) is 15.8. The van der Waals surface area contributed by atoms with Gasteiger partial charge in [0.1, 0.15) is 5.75 Å². The number of aromatic nitrogens is 1. The number of nitrogens with one attached hydrogen (secondary N) is 1. The summed E-state index contributed by atoms with van der Waals surface area (Å²) in [7, 11) is 1.64. The van der Waals surface area contributed by atoms with Crippen molar-refractivity contribution in [1.82, 2.24) is 4.98 Å². The van der Waals surface area contributed by atoms with Crippen LogP contribution in [0.5, 0.6) is 5.75 Å². The molecular formula is C18H20N4OS. The molecule has 3 rings (SSSR count). The van der Waals surface area contributed by atoms with E-state index in [-0.39, 0.29) is 0 Å². The van der Waals surface area contributed by atoms with Gasteiger partial charge in [-0.25, -0.2) is 4.98 Å². The molecule has 3 aromatic rings. The SMILES string of the molecule is COc1cccc(NC(N)=NCCCc2nc3ccccc3s2)c1. The van der Waals surface area contributed by atoms with Crippen LogP contribution < -0.4 is 15.8 Å². The zero-order valence-electron chi connectivity index (χ0n) is 13.5. The van der Waals surface area contributed by atoms with Crippen molar-refractivity contribution in [3.63, 3.8) is 0 Å². The predicted molar refractivity (Wildman–Crippen MR) is 101 cm³/mol. The number of benzene rings is 2. The van der Waals surface area contributed by atoms with Gasteiger partial charge in [-0.1, -0.05) is 18.2 Å². The topological polar surface area (TPSA) is 72.5 Å². The lowest BCUT2D eigenvalue weighted by molar-refractivity contribution is 0.415. The van der Waals surface area contributed by atoms with Crippen molar-refractivity contribution in [1.29, 1.82) is 0 Å². The number of methoxy groups -OCH3 is 1. The second kappa shape index (κ2) is 7.79. The summed E-state index contributed by atoms with van der Waals surface area (Å²) in [5.74, 6) is 1.19. The molecule has 0 radical (unpaired) electrons. The summed E-state index contributed by atoms with van der Waals surface area (Å²) in [6.45, 7) is 0.665. The maximum atomic E-state index is 5.92. The Bertz CT molecular complexity index is 811. The Kier molecular flexibility index (Phi) is 5.28. The second-order valence-electron chi connectivity index (χ2n) is 5.30. The molecule has 0 aliphatic rings. The standard InChI is InChI=1S/C18H20N4OS/c1-23-14-7-4-6-13(12-14)21-18(19)20-11-5-10-17-22-15-8-2-3-9-16(15)24-17/h2-4,6-9,12H,5,10-11H2,1H3,(H3,19,20,21). The van der Waals surface area contributed by atoms with Crippen LogP contribution in [0.1, 0.15) is 11.4 Å². The van der Waals surface area contributed by atoms with E-state index in [9.17, 15) is 0 Å². The quantitative estimate of drug-likeness (QED) is 0.408. The predicted octanol–water partition coefficient (Wildman–Crippen LogP) is 3.66. The van der Waals surface area contributed by atoms with Crippen LogP contribution in [-0.2, 0) is 6.42 Å². The van der Waals surface area contributed by atoms with Gasteiger partial charge in [-0.2, -0.15) is 0 Å². The number of para-hydroxylation sites is 1. The highest BCUT2D eigenvalue weighted by Gasteiger charge is 2.02. The first-order valence-corrected chi connectivity index (χ1v) is 8.62. The minimum Gasteiger partial charge on any atom is -0.497 e. The molecule has 0 saturated carbocycles. The van der Waals surface area contributed by atoms with Crippen molar-refractivity contribution in [2.24, 2.45) is 10.7 Å². The van der Waals surface area contributed by atoms with Crippen molar-refractivity contribution in [2.45, 2.75) is 12.8 Å². The molecule has 2 aromatic carbocycles. The summed E-state index contributed by atoms with van der Waals surface area (Å²) >= 11 is 1.74. The molecule has 0 aliphatic heterocycles. The maximum Gasteiger partial charge on any atom is 0.193 e. The van der Waals surface area contributed by atoms with Gasteiger partial charge in [0.25, 0.3) is 0 Å². The van der Waals surface area contributed by atoms with E-state index >= 15 is 0 Å². The molecule has 124 valence electrons. The van der Waals surface area contributed by atoms with Crippen molar-refractivity contribution in [2.75, 3.05) is 19.0 Å². The highest BCUT2D eigenvalue weighted by Crippen LogP contribution is 2.22. The van der Waals surface area contributed by atoms with Gasteiger partial charge in [-0.3, -0.25) is 4.99 Å². The van der Waals surface area contributed by atoms with Gasteiger partial charge in [0.15, 0.2) is 5.96 Å². The van der Waals surface area contributed by atoms with E-state index in [1.807, 2.05) is 42.5 Å². The summed E-state index contributed by atoms with van der Waals surface area (Å²) in [6.07, 6.45) is 1.83. The molecule has 1 aromatic heterocycles. The number of nitrogens with zero attached hydrogens (tertiary/aromatic N) is 2. The maximum absolute atomic E-state index is 5.92. The van der Waals surface area contributed by atoms with E-state index in [1.54, 1.807) is 18.4 Å². The second-order valence-corrected chi connectivity index (χ2v) is 6.42. The van der Waals surface area contributed by atoms with E-state index in [1.165, 1.54) is 4.70 Å². The molecule has 0 spiro atoms. The van der Waals surface area contributed by atoms with Gasteiger partial charge in [0.05, 0.1) is 22.3 Å². The third-order valence-corrected chi connectivity index (χ3v) is 4.61. The number of hydrogen-bond acceptors (Lipinski definition) is 4. The molecule has 5 nitrogen and oxygen atoms in total. The smallest absolute Gasteiger partial charge is 0.193 e. The molecule has 1 heterocycles. The Morgan fingerprint density at radius 1 is 1.25 bits per heavy atom. The molecule has 0 amide bonds. The molecule has 3 N–H and O–H groups in total. The average molecular weight is 340 g/mol. The minimum atomic E-state index is 0.410. The molecule has 0 aliphatic carbocycles. The molecule has 0 fully saturated rings. The first kappa shape index (κ1) is 16.3. The van der Waals surface area contributed by atoms with E-state index in [0.29, 0.717) is 12.5 Å². The molecule has 24 heavy (non-hydrogen) atoms. The van der Waals surface area contributed by atoms with Gasteiger partial charge in [-0.05, 0) is 30.7 Å². The number of thiazole rings is 1. The van der Waals surface area contributed by atoms with Gasteiger partial charge in [0, 0.05) is 24.7 Å². The minimum absolute atomic E-state index is 0.410. The Morgan fingerprint density at radius 3 is 2.96 bits per heavy atom. The number of nitrogens with two attached hydrogens (primary N) is 1. The molecule has 6 heteroatoms. The summed E-state index contributed by atoms with van der Waals surface area (Å²) in [5, 5.41) is 4.22. The van der Waals surface area contributed by atoms with Crippen molar-refractivity contribution in [3.8, 4) is 5.75 Å². The first-order chi connectivity index (χ1) is 11.7. The molecule has 0 atom stereocenters. The Hall–Kier alpha value is -2.60. The van der Waals surface area contributed by atoms with Gasteiger partial charge < -0.3 is 15.8 Å². The van der Waals surface area contributed by atoms with Gasteiger partial charge in [-0.15, -0.1) is 11.3 Å². The lowest BCUT2D eigenvalue weighted by atomic mass is 10.3. The van der Waals surface area contributed by atoms with Crippen molar-refractivity contribution < 1.29 is 4.74 Å². The molecular weight excluding hydrogens is 320 g/mol. The summed E-state index contributed by atoms with van der Waals surface area (Å²) in [4.78, 5) is 8.99. The largest absolute Gasteiger partial charge is 0.497 e. The fourth-order valence-corrected chi connectivity index (χ4v) is 3.35. The molecule has 0 bridgehead atoms. The van der Waals surface area contributed by atoms with Crippen LogP contribution in [0, 0.1) is 0 Å². The monoisotopic (exact) mass is 340 g/mol. The van der Waals surface area contributed by atoms with Crippen LogP contribution in [0.2, 0.25) is 0 Å². The van der Waals surface area contributed by atoms with Crippen molar-refractivity contribution in [3.05, 3.63) is 53.5 Å². The third kappa shape index (κ3) is 4.23. The average Bonchev–Trinajstić information content (AvgIpc) is 3.01. The summed E-state index contributed by atoms with van der Waals surface area (Å²) < 4.78 is 6.41. The third-order valence-electron chi connectivity index (χ3n) is 3.51. The van der Waals surface area contributed by atoms with Crippen LogP contribution in [0.3, 0.4) is 0 Å². The highest BCUT2D eigenvalue weighted by molar-refractivity contribution is 7.18. The number of aliphatic imine (C=N–C) groups is 1. The van der Waals surface area contributed by atoms with E-state index in [4.69, 9.17) is 10.5 Å². The Morgan fingerprint density at radius 2 is 2.12 bits per heavy atom. The van der Waals surface area contributed by atoms with Crippen LogP contribution in [-0.4, -0.2) is 24.6 Å². The summed E-state index contributed by atoms with van der Waals surface area (Å²) in [5.41, 5.74) is 7.86. The zero-order chi connectivity index (χ0) is 16.8. The number of aryl methyl sites for hydroxylation is 1. The Balaban J connectivity index is 1.50. The molecule has 0 saturated heterocycles. The van der Waals surface area contributed by atoms with E-state index in [0.717, 1.165) is 34.8 Å². The van der Waals surface area contributed by atoms with Crippen LogP contribution in [0.15, 0.2) is 53.5 Å².